The molecule has 30 heavy (non-hydrogen) atoms. The molecular weight excluding hydrogens is 411 g/mol. The molecule has 0 fully saturated rings. The summed E-state index contributed by atoms with van der Waals surface area (Å²) in [6.07, 6.45) is 0. The molecule has 1 amide bonds. The third-order valence-electron chi connectivity index (χ3n) is 4.16. The number of benzene rings is 3. The van der Waals surface area contributed by atoms with Crippen molar-refractivity contribution in [1.82, 2.24) is 0 Å². The van der Waals surface area contributed by atoms with Crippen molar-refractivity contribution in [1.29, 1.82) is 0 Å². The molecule has 0 atom stereocenters. The average molecular weight is 430 g/mol. The van der Waals surface area contributed by atoms with E-state index in [1.807, 2.05) is 0 Å². The highest BCUT2D eigenvalue weighted by molar-refractivity contribution is 7.92. The third kappa shape index (κ3) is 4.52. The summed E-state index contributed by atoms with van der Waals surface area (Å²) in [7, 11) is -1.57. The summed E-state index contributed by atoms with van der Waals surface area (Å²) in [4.78, 5) is 12.5. The van der Waals surface area contributed by atoms with Gasteiger partial charge < -0.3 is 14.8 Å². The minimum absolute atomic E-state index is 0.0344. The maximum Gasteiger partial charge on any atom is 0.262 e. The number of nitrogens with one attached hydrogen (secondary N) is 2. The summed E-state index contributed by atoms with van der Waals surface area (Å²) in [5.41, 5.74) is 0.235. The van der Waals surface area contributed by atoms with Crippen molar-refractivity contribution in [2.24, 2.45) is 0 Å². The van der Waals surface area contributed by atoms with Gasteiger partial charge >= 0.3 is 0 Å². The predicted molar refractivity (Wildman–Crippen MR) is 111 cm³/mol. The second-order valence-electron chi connectivity index (χ2n) is 6.11. The van der Waals surface area contributed by atoms with E-state index < -0.39 is 21.7 Å². The molecule has 0 saturated carbocycles. The molecule has 0 bridgehead atoms. The summed E-state index contributed by atoms with van der Waals surface area (Å²) in [6.45, 7) is 0. The van der Waals surface area contributed by atoms with Crippen LogP contribution >= 0.6 is 0 Å². The molecule has 0 spiro atoms. The van der Waals surface area contributed by atoms with Crippen LogP contribution in [-0.2, 0) is 10.0 Å². The summed E-state index contributed by atoms with van der Waals surface area (Å²) in [5.74, 6) is -1.23. The van der Waals surface area contributed by atoms with E-state index in [1.165, 1.54) is 38.5 Å². The number of methoxy groups -OCH3 is 2. The normalized spacial score (nSPS) is 10.9. The quantitative estimate of drug-likeness (QED) is 0.593. The van der Waals surface area contributed by atoms with Gasteiger partial charge in [0.25, 0.3) is 15.9 Å². The maximum atomic E-state index is 13.9. The molecule has 0 aliphatic carbocycles. The van der Waals surface area contributed by atoms with Gasteiger partial charge in [0.15, 0.2) is 11.5 Å². The average Bonchev–Trinajstić information content (AvgIpc) is 2.74. The van der Waals surface area contributed by atoms with Crippen LogP contribution in [0.25, 0.3) is 0 Å². The number of halogens is 1. The lowest BCUT2D eigenvalue weighted by Crippen LogP contribution is -2.18. The SMILES string of the molecule is COc1cc(S(=O)(=O)Nc2ccccc2F)cc(C(=O)Nc2ccccc2)c1OC. The summed E-state index contributed by atoms with van der Waals surface area (Å²) < 4.78 is 52.3. The van der Waals surface area contributed by atoms with E-state index in [9.17, 15) is 17.6 Å². The molecule has 0 saturated heterocycles. The van der Waals surface area contributed by atoms with E-state index in [1.54, 1.807) is 30.3 Å². The van der Waals surface area contributed by atoms with Crippen molar-refractivity contribution < 1.29 is 27.1 Å². The molecule has 3 aromatic rings. The van der Waals surface area contributed by atoms with Crippen molar-refractivity contribution >= 4 is 27.3 Å². The van der Waals surface area contributed by atoms with Gasteiger partial charge in [-0.15, -0.1) is 0 Å². The minimum atomic E-state index is -4.23. The number of hydrogen-bond acceptors (Lipinski definition) is 5. The van der Waals surface area contributed by atoms with Crippen LogP contribution in [-0.4, -0.2) is 28.5 Å². The Kier molecular flexibility index (Phi) is 6.22. The number of sulfonamides is 1. The Morgan fingerprint density at radius 1 is 0.933 bits per heavy atom. The van der Waals surface area contributed by atoms with Crippen LogP contribution in [0.15, 0.2) is 71.6 Å². The van der Waals surface area contributed by atoms with E-state index >= 15 is 0 Å². The van der Waals surface area contributed by atoms with E-state index in [2.05, 4.69) is 10.0 Å². The highest BCUT2D eigenvalue weighted by atomic mass is 32.2. The molecule has 3 aromatic carbocycles. The van der Waals surface area contributed by atoms with Crippen LogP contribution in [0.4, 0.5) is 15.8 Å². The second kappa shape index (κ2) is 8.83. The van der Waals surface area contributed by atoms with Crippen molar-refractivity contribution in [3.8, 4) is 11.5 Å². The van der Waals surface area contributed by atoms with Crippen LogP contribution in [0.5, 0.6) is 11.5 Å². The molecule has 0 aromatic heterocycles. The Morgan fingerprint density at radius 2 is 1.60 bits per heavy atom. The first-order valence-electron chi connectivity index (χ1n) is 8.75. The standard InChI is InChI=1S/C21H19FN2O5S/c1-28-19-13-15(30(26,27)24-18-11-7-6-10-17(18)22)12-16(20(19)29-2)21(25)23-14-8-4-3-5-9-14/h3-13,24H,1-2H3,(H,23,25). The zero-order valence-corrected chi connectivity index (χ0v) is 17.0. The third-order valence-corrected chi connectivity index (χ3v) is 5.50. The molecule has 0 aliphatic heterocycles. The number of ether oxygens (including phenoxy) is 2. The predicted octanol–water partition coefficient (Wildman–Crippen LogP) is 3.90. The number of carbonyl (C=O) groups excluding carboxylic acids is 1. The zero-order chi connectivity index (χ0) is 21.7. The van der Waals surface area contributed by atoms with Gasteiger partial charge in [0, 0.05) is 11.8 Å². The highest BCUT2D eigenvalue weighted by Gasteiger charge is 2.25. The molecule has 7 nitrogen and oxygen atoms in total. The largest absolute Gasteiger partial charge is 0.493 e. The van der Waals surface area contributed by atoms with E-state index in [0.29, 0.717) is 5.69 Å². The van der Waals surface area contributed by atoms with Crippen LogP contribution < -0.4 is 19.5 Å². The number of hydrogen-bond donors (Lipinski definition) is 2. The van der Waals surface area contributed by atoms with Gasteiger partial charge in [-0.3, -0.25) is 9.52 Å². The first kappa shape index (κ1) is 21.1. The minimum Gasteiger partial charge on any atom is -0.493 e. The number of anilines is 2. The van der Waals surface area contributed by atoms with Crippen LogP contribution in [0.1, 0.15) is 10.4 Å². The van der Waals surface area contributed by atoms with Crippen molar-refractivity contribution in [3.63, 3.8) is 0 Å². The molecular formula is C21H19FN2O5S. The van der Waals surface area contributed by atoms with E-state index in [0.717, 1.165) is 12.1 Å². The van der Waals surface area contributed by atoms with Gasteiger partial charge in [-0.05, 0) is 30.3 Å². The molecule has 2 N–H and O–H groups in total. The second-order valence-corrected chi connectivity index (χ2v) is 7.79. The Balaban J connectivity index is 2.04. The van der Waals surface area contributed by atoms with Gasteiger partial charge in [-0.1, -0.05) is 30.3 Å². The lowest BCUT2D eigenvalue weighted by molar-refractivity contribution is 0.102. The van der Waals surface area contributed by atoms with Crippen LogP contribution in [0.3, 0.4) is 0 Å². The van der Waals surface area contributed by atoms with E-state index in [-0.39, 0.29) is 27.6 Å². The number of amides is 1. The van der Waals surface area contributed by atoms with E-state index in [4.69, 9.17) is 9.47 Å². The van der Waals surface area contributed by atoms with Gasteiger partial charge in [-0.25, -0.2) is 12.8 Å². The fourth-order valence-corrected chi connectivity index (χ4v) is 3.84. The summed E-state index contributed by atoms with van der Waals surface area (Å²) in [6, 6.07) is 16.3. The number of rotatable bonds is 7. The molecule has 0 unspecified atom stereocenters. The van der Waals surface area contributed by atoms with Crippen LogP contribution in [0.2, 0.25) is 0 Å². The fraction of sp³-hybridized carbons (Fsp3) is 0.0952. The zero-order valence-electron chi connectivity index (χ0n) is 16.2. The van der Waals surface area contributed by atoms with Gasteiger partial charge in [0.1, 0.15) is 5.82 Å². The first-order chi connectivity index (χ1) is 14.4. The lowest BCUT2D eigenvalue weighted by atomic mass is 10.1. The Hall–Kier alpha value is -3.59. The topological polar surface area (TPSA) is 93.7 Å². The number of carbonyl (C=O) groups is 1. The number of para-hydroxylation sites is 2. The molecule has 0 aliphatic rings. The Labute approximate surface area is 173 Å². The molecule has 156 valence electrons. The monoisotopic (exact) mass is 430 g/mol. The fourth-order valence-electron chi connectivity index (χ4n) is 2.73. The van der Waals surface area contributed by atoms with Crippen molar-refractivity contribution in [2.45, 2.75) is 4.90 Å². The lowest BCUT2D eigenvalue weighted by Gasteiger charge is -2.16. The molecule has 9 heteroatoms. The summed E-state index contributed by atoms with van der Waals surface area (Å²) >= 11 is 0. The molecule has 0 radical (unpaired) electrons. The van der Waals surface area contributed by atoms with Gasteiger partial charge in [0.2, 0.25) is 0 Å². The van der Waals surface area contributed by atoms with Crippen molar-refractivity contribution in [3.05, 3.63) is 78.1 Å². The first-order valence-corrected chi connectivity index (χ1v) is 10.2. The summed E-state index contributed by atoms with van der Waals surface area (Å²) in [5, 5.41) is 2.67. The van der Waals surface area contributed by atoms with Gasteiger partial charge in [-0.2, -0.15) is 0 Å². The smallest absolute Gasteiger partial charge is 0.262 e. The van der Waals surface area contributed by atoms with Gasteiger partial charge in [0.05, 0.1) is 30.4 Å². The molecule has 3 rings (SSSR count). The molecule has 0 heterocycles. The van der Waals surface area contributed by atoms with Crippen LogP contribution in [0, 0.1) is 5.82 Å². The highest BCUT2D eigenvalue weighted by Crippen LogP contribution is 2.35. The Bertz CT molecular complexity index is 1170. The van der Waals surface area contributed by atoms with Crippen molar-refractivity contribution in [2.75, 3.05) is 24.3 Å². The maximum absolute atomic E-state index is 13.9. The Morgan fingerprint density at radius 3 is 2.23 bits per heavy atom.